The van der Waals surface area contributed by atoms with Crippen LogP contribution < -0.4 is 4.74 Å². The molecule has 1 aliphatic rings. The van der Waals surface area contributed by atoms with Gasteiger partial charge in [0.2, 0.25) is 0 Å². The minimum Gasteiger partial charge on any atom is -0.406 e. The van der Waals surface area contributed by atoms with E-state index in [0.717, 1.165) is 42.1 Å². The van der Waals surface area contributed by atoms with Crippen molar-refractivity contribution in [2.75, 3.05) is 14.1 Å². The fourth-order valence-corrected chi connectivity index (χ4v) is 4.80. The Morgan fingerprint density at radius 2 is 1.89 bits per heavy atom. The summed E-state index contributed by atoms with van der Waals surface area (Å²) in [5.74, 6) is 0.262. The van der Waals surface area contributed by atoms with Crippen LogP contribution >= 0.6 is 0 Å². The standard InChI is InChI=1S/C22H31F3N2O/c1-5-6-11-21(27(3)4)12-9-16(10-13-21)20-15(2)18-14-17(28-22(23,24)25)7-8-19(18)26-20/h7-8,14,16,26H,5-6,9-13H2,1-4H3. The Kier molecular flexibility index (Phi) is 5.99. The van der Waals surface area contributed by atoms with E-state index in [1.165, 1.54) is 37.1 Å². The molecule has 0 spiro atoms. The molecule has 156 valence electrons. The highest BCUT2D eigenvalue weighted by Crippen LogP contribution is 2.44. The molecular formula is C22H31F3N2O. The summed E-state index contributed by atoms with van der Waals surface area (Å²) in [5.41, 5.74) is 3.36. The van der Waals surface area contributed by atoms with Crippen LogP contribution in [0.5, 0.6) is 5.75 Å². The van der Waals surface area contributed by atoms with Gasteiger partial charge in [0, 0.05) is 22.1 Å². The zero-order valence-corrected chi connectivity index (χ0v) is 17.2. The predicted molar refractivity (Wildman–Crippen MR) is 107 cm³/mol. The number of benzene rings is 1. The number of nitrogens with one attached hydrogen (secondary N) is 1. The first-order valence-corrected chi connectivity index (χ1v) is 10.2. The summed E-state index contributed by atoms with van der Waals surface area (Å²) in [6.45, 7) is 4.23. The number of aryl methyl sites for hydroxylation is 1. The molecule has 0 bridgehead atoms. The molecule has 3 nitrogen and oxygen atoms in total. The molecule has 28 heavy (non-hydrogen) atoms. The Bertz CT molecular complexity index is 802. The second kappa shape index (κ2) is 7.97. The van der Waals surface area contributed by atoms with Crippen LogP contribution in [0.1, 0.15) is 69.0 Å². The minimum atomic E-state index is -4.67. The van der Waals surface area contributed by atoms with Crippen molar-refractivity contribution in [1.29, 1.82) is 0 Å². The Labute approximate surface area is 165 Å². The normalized spacial score (nSPS) is 23.5. The molecule has 1 heterocycles. The maximum Gasteiger partial charge on any atom is 0.573 e. The van der Waals surface area contributed by atoms with Crippen molar-refractivity contribution < 1.29 is 17.9 Å². The molecule has 0 saturated heterocycles. The fraction of sp³-hybridized carbons (Fsp3) is 0.636. The molecule has 2 aromatic rings. The molecule has 0 atom stereocenters. The van der Waals surface area contributed by atoms with Gasteiger partial charge in [-0.1, -0.05) is 19.8 Å². The second-order valence-corrected chi connectivity index (χ2v) is 8.42. The first kappa shape index (κ1) is 21.0. The molecule has 0 radical (unpaired) electrons. The van der Waals surface area contributed by atoms with E-state index in [2.05, 4.69) is 35.6 Å². The van der Waals surface area contributed by atoms with Crippen molar-refractivity contribution in [3.63, 3.8) is 0 Å². The molecule has 1 N–H and O–H groups in total. The first-order chi connectivity index (χ1) is 13.1. The number of unbranched alkanes of at least 4 members (excludes halogenated alkanes) is 1. The monoisotopic (exact) mass is 396 g/mol. The lowest BCUT2D eigenvalue weighted by Gasteiger charge is -2.45. The molecule has 0 amide bonds. The van der Waals surface area contributed by atoms with Crippen molar-refractivity contribution in [3.05, 3.63) is 29.5 Å². The Hall–Kier alpha value is -1.69. The molecule has 6 heteroatoms. The number of halogens is 3. The Morgan fingerprint density at radius 1 is 1.21 bits per heavy atom. The van der Waals surface area contributed by atoms with Gasteiger partial charge in [-0.15, -0.1) is 13.2 Å². The number of fused-ring (bicyclic) bond motifs is 1. The summed E-state index contributed by atoms with van der Waals surface area (Å²) < 4.78 is 41.7. The highest BCUT2D eigenvalue weighted by atomic mass is 19.4. The van der Waals surface area contributed by atoms with Crippen LogP contribution in [0.4, 0.5) is 13.2 Å². The Morgan fingerprint density at radius 3 is 2.46 bits per heavy atom. The summed E-state index contributed by atoms with van der Waals surface area (Å²) >= 11 is 0. The van der Waals surface area contributed by atoms with Crippen molar-refractivity contribution in [2.24, 2.45) is 0 Å². The molecule has 0 unspecified atom stereocenters. The number of ether oxygens (including phenoxy) is 1. The van der Waals surface area contributed by atoms with E-state index in [0.29, 0.717) is 5.92 Å². The smallest absolute Gasteiger partial charge is 0.406 e. The third-order valence-electron chi connectivity index (χ3n) is 6.57. The first-order valence-electron chi connectivity index (χ1n) is 10.2. The van der Waals surface area contributed by atoms with Gasteiger partial charge in [0.15, 0.2) is 0 Å². The number of hydrogen-bond acceptors (Lipinski definition) is 2. The fourth-order valence-electron chi connectivity index (χ4n) is 4.80. The molecule has 1 aromatic carbocycles. The van der Waals surface area contributed by atoms with Gasteiger partial charge in [0.25, 0.3) is 0 Å². The third-order valence-corrected chi connectivity index (χ3v) is 6.57. The molecule has 0 aliphatic heterocycles. The van der Waals surface area contributed by atoms with Crippen LogP contribution in [-0.4, -0.2) is 35.9 Å². The molecule has 1 saturated carbocycles. The number of aromatic nitrogens is 1. The van der Waals surface area contributed by atoms with Crippen LogP contribution in [-0.2, 0) is 0 Å². The van der Waals surface area contributed by atoms with Crippen LogP contribution in [0, 0.1) is 6.92 Å². The number of hydrogen-bond donors (Lipinski definition) is 1. The highest BCUT2D eigenvalue weighted by molar-refractivity contribution is 5.86. The summed E-state index contributed by atoms with van der Waals surface area (Å²) in [7, 11) is 4.37. The maximum absolute atomic E-state index is 12.5. The zero-order valence-electron chi connectivity index (χ0n) is 17.2. The minimum absolute atomic E-state index is 0.163. The quantitative estimate of drug-likeness (QED) is 0.602. The third kappa shape index (κ3) is 4.32. The van der Waals surface area contributed by atoms with Crippen LogP contribution in [0.3, 0.4) is 0 Å². The number of alkyl halides is 3. The van der Waals surface area contributed by atoms with Gasteiger partial charge in [-0.25, -0.2) is 0 Å². The van der Waals surface area contributed by atoms with Gasteiger partial charge < -0.3 is 14.6 Å². The largest absolute Gasteiger partial charge is 0.573 e. The van der Waals surface area contributed by atoms with Gasteiger partial charge in [0.05, 0.1) is 0 Å². The Balaban J connectivity index is 1.80. The second-order valence-electron chi connectivity index (χ2n) is 8.42. The summed E-state index contributed by atoms with van der Waals surface area (Å²) in [5, 5.41) is 0.812. The lowest BCUT2D eigenvalue weighted by atomic mass is 9.72. The molecule has 1 aliphatic carbocycles. The van der Waals surface area contributed by atoms with E-state index in [1.54, 1.807) is 6.07 Å². The molecule has 1 fully saturated rings. The highest BCUT2D eigenvalue weighted by Gasteiger charge is 2.38. The summed E-state index contributed by atoms with van der Waals surface area (Å²) in [6, 6.07) is 4.55. The number of aromatic amines is 1. The molecular weight excluding hydrogens is 365 g/mol. The average Bonchev–Trinajstić information content (AvgIpc) is 2.95. The van der Waals surface area contributed by atoms with Gasteiger partial charge in [-0.2, -0.15) is 0 Å². The number of rotatable bonds is 6. The number of nitrogens with zero attached hydrogens (tertiary/aromatic N) is 1. The van der Waals surface area contributed by atoms with E-state index < -0.39 is 6.36 Å². The lowest BCUT2D eigenvalue weighted by Crippen LogP contribution is -2.46. The van der Waals surface area contributed by atoms with Crippen molar-refractivity contribution in [1.82, 2.24) is 9.88 Å². The van der Waals surface area contributed by atoms with Crippen LogP contribution in [0.15, 0.2) is 18.2 Å². The van der Waals surface area contributed by atoms with E-state index in [-0.39, 0.29) is 11.3 Å². The summed E-state index contributed by atoms with van der Waals surface area (Å²) in [6.07, 6.45) is 3.52. The van der Waals surface area contributed by atoms with E-state index in [4.69, 9.17) is 0 Å². The molecule has 1 aromatic heterocycles. The van der Waals surface area contributed by atoms with Gasteiger partial charge in [-0.05, 0) is 82.8 Å². The number of H-pyrrole nitrogens is 1. The van der Waals surface area contributed by atoms with Gasteiger partial charge in [0.1, 0.15) is 5.75 Å². The predicted octanol–water partition coefficient (Wildman–Crippen LogP) is 6.52. The van der Waals surface area contributed by atoms with Crippen LogP contribution in [0.25, 0.3) is 10.9 Å². The van der Waals surface area contributed by atoms with E-state index in [1.807, 2.05) is 6.92 Å². The van der Waals surface area contributed by atoms with Crippen molar-refractivity contribution >= 4 is 10.9 Å². The van der Waals surface area contributed by atoms with E-state index in [9.17, 15) is 13.2 Å². The van der Waals surface area contributed by atoms with Gasteiger partial charge >= 0.3 is 6.36 Å². The zero-order chi connectivity index (χ0) is 20.5. The van der Waals surface area contributed by atoms with Crippen LogP contribution in [0.2, 0.25) is 0 Å². The maximum atomic E-state index is 12.5. The van der Waals surface area contributed by atoms with E-state index >= 15 is 0 Å². The summed E-state index contributed by atoms with van der Waals surface area (Å²) in [4.78, 5) is 5.87. The van der Waals surface area contributed by atoms with Gasteiger partial charge in [-0.3, -0.25) is 0 Å². The topological polar surface area (TPSA) is 28.3 Å². The van der Waals surface area contributed by atoms with Crippen molar-refractivity contribution in [3.8, 4) is 5.75 Å². The lowest BCUT2D eigenvalue weighted by molar-refractivity contribution is -0.274. The molecule has 3 rings (SSSR count). The average molecular weight is 396 g/mol. The SMILES string of the molecule is CCCCC1(N(C)C)CCC(c2[nH]c3ccc(OC(F)(F)F)cc3c2C)CC1. The van der Waals surface area contributed by atoms with Crippen molar-refractivity contribution in [2.45, 2.75) is 76.6 Å².